The molecule has 0 saturated heterocycles. The van der Waals surface area contributed by atoms with Crippen LogP contribution >= 0.6 is 0 Å². The lowest BCUT2D eigenvalue weighted by Crippen LogP contribution is -2.37. The Morgan fingerprint density at radius 3 is 1.29 bits per heavy atom. The highest BCUT2D eigenvalue weighted by Crippen LogP contribution is 2.54. The average molecular weight is 731 g/mol. The molecule has 1 aliphatic rings. The second kappa shape index (κ2) is 15.1. The molecule has 0 heterocycles. The van der Waals surface area contributed by atoms with Gasteiger partial charge in [-0.25, -0.2) is 0 Å². The zero-order valence-corrected chi connectivity index (χ0v) is 33.7. The summed E-state index contributed by atoms with van der Waals surface area (Å²) in [5.41, 5.74) is 14.9. The van der Waals surface area contributed by atoms with Crippen molar-refractivity contribution < 1.29 is 0 Å². The Kier molecular flexibility index (Phi) is 9.90. The van der Waals surface area contributed by atoms with E-state index in [-0.39, 0.29) is 5.41 Å². The van der Waals surface area contributed by atoms with E-state index in [4.69, 9.17) is 0 Å². The molecule has 0 spiro atoms. The molecule has 0 amide bonds. The summed E-state index contributed by atoms with van der Waals surface area (Å²) in [4.78, 5) is 4.72. The molecule has 0 N–H and O–H groups in total. The van der Waals surface area contributed by atoms with Gasteiger partial charge in [0.2, 0.25) is 0 Å². The summed E-state index contributed by atoms with van der Waals surface area (Å²) in [6.07, 6.45) is 6.59. The number of nitrogens with zero attached hydrogens (tertiary/aromatic N) is 2. The van der Waals surface area contributed by atoms with Gasteiger partial charge in [-0.1, -0.05) is 154 Å². The van der Waals surface area contributed by atoms with Gasteiger partial charge >= 0.3 is 0 Å². The molecule has 8 rings (SSSR count). The molecular formula is C52H50N2Si. The number of benzene rings is 7. The lowest BCUT2D eigenvalue weighted by Gasteiger charge is -2.32. The van der Waals surface area contributed by atoms with Crippen molar-refractivity contribution in [3.05, 3.63) is 198 Å². The Hall–Kier alpha value is -5.90. The van der Waals surface area contributed by atoms with Crippen molar-refractivity contribution in [3.63, 3.8) is 0 Å². The summed E-state index contributed by atoms with van der Waals surface area (Å²) in [6, 6.07) is 64.4. The Labute approximate surface area is 329 Å². The second-order valence-electron chi connectivity index (χ2n) is 15.7. The van der Waals surface area contributed by atoms with Crippen LogP contribution < -0.4 is 15.0 Å². The van der Waals surface area contributed by atoms with E-state index in [1.165, 1.54) is 55.6 Å². The minimum atomic E-state index is -1.41. The molecule has 0 unspecified atom stereocenters. The smallest absolute Gasteiger partial charge is 0.0775 e. The number of hydrogen-bond donors (Lipinski definition) is 0. The normalized spacial score (nSPS) is 13.0. The predicted molar refractivity (Wildman–Crippen MR) is 241 cm³/mol. The Morgan fingerprint density at radius 1 is 0.418 bits per heavy atom. The van der Waals surface area contributed by atoms with Gasteiger partial charge in [0.1, 0.15) is 0 Å². The van der Waals surface area contributed by atoms with Crippen LogP contribution in [-0.4, -0.2) is 8.07 Å². The lowest BCUT2D eigenvalue weighted by atomic mass is 9.73. The number of para-hydroxylation sites is 3. The van der Waals surface area contributed by atoms with E-state index in [0.717, 1.165) is 29.9 Å². The molecule has 0 radical (unpaired) electrons. The molecular weight excluding hydrogens is 681 g/mol. The largest absolute Gasteiger partial charge is 0.311 e. The predicted octanol–water partition coefficient (Wildman–Crippen LogP) is 14.4. The van der Waals surface area contributed by atoms with Gasteiger partial charge in [0.05, 0.1) is 8.07 Å². The highest BCUT2D eigenvalue weighted by molar-refractivity contribution is 6.88. The Balaban J connectivity index is 1.11. The summed E-state index contributed by atoms with van der Waals surface area (Å²) in [5, 5.41) is 1.48. The molecule has 0 bridgehead atoms. The van der Waals surface area contributed by atoms with E-state index in [9.17, 15) is 0 Å². The first-order chi connectivity index (χ1) is 26.8. The first kappa shape index (κ1) is 36.1. The molecule has 7 aromatic rings. The quantitative estimate of drug-likeness (QED) is 0.0966. The van der Waals surface area contributed by atoms with Gasteiger partial charge in [0, 0.05) is 39.5 Å². The third-order valence-electron chi connectivity index (χ3n) is 11.5. The van der Waals surface area contributed by atoms with Crippen LogP contribution in [0.1, 0.15) is 48.9 Å². The van der Waals surface area contributed by atoms with Gasteiger partial charge in [-0.2, -0.15) is 0 Å². The number of fused-ring (bicyclic) bond motifs is 3. The maximum atomic E-state index is 2.48. The van der Waals surface area contributed by atoms with E-state index >= 15 is 0 Å². The van der Waals surface area contributed by atoms with Crippen LogP contribution in [0.3, 0.4) is 0 Å². The molecule has 3 heteroatoms. The zero-order valence-electron chi connectivity index (χ0n) is 32.7. The van der Waals surface area contributed by atoms with Gasteiger partial charge < -0.3 is 9.80 Å². The van der Waals surface area contributed by atoms with E-state index in [0.29, 0.717) is 0 Å². The highest BCUT2D eigenvalue weighted by atomic mass is 28.3. The molecule has 7 aromatic carbocycles. The minimum absolute atomic E-state index is 0.0610. The van der Waals surface area contributed by atoms with Gasteiger partial charge in [0.15, 0.2) is 0 Å². The van der Waals surface area contributed by atoms with Crippen LogP contribution in [0.25, 0.3) is 23.3 Å². The SMILES string of the molecule is CCC1(CC)c2cc(/C=C/c3ccc(N(c4ccccc4)c4ccccc4)cc3)ccc2-c2ccc(N(c3ccccc3)c3ccc([Si](C)(C)C)cc3)cc21. The van der Waals surface area contributed by atoms with Crippen molar-refractivity contribution in [3.8, 4) is 11.1 Å². The molecule has 0 atom stereocenters. The van der Waals surface area contributed by atoms with E-state index in [1.807, 2.05) is 0 Å². The Bertz CT molecular complexity index is 2370. The second-order valence-corrected chi connectivity index (χ2v) is 20.8. The van der Waals surface area contributed by atoms with Gasteiger partial charge in [-0.05, 0) is 119 Å². The van der Waals surface area contributed by atoms with Gasteiger partial charge in [-0.3, -0.25) is 0 Å². The third kappa shape index (κ3) is 6.97. The fourth-order valence-electron chi connectivity index (χ4n) is 8.42. The molecule has 1 aliphatic carbocycles. The average Bonchev–Trinajstić information content (AvgIpc) is 3.50. The van der Waals surface area contributed by atoms with Crippen LogP contribution in [-0.2, 0) is 5.41 Å². The van der Waals surface area contributed by atoms with Crippen LogP contribution in [0, 0.1) is 0 Å². The zero-order chi connectivity index (χ0) is 38.0. The van der Waals surface area contributed by atoms with E-state index < -0.39 is 8.07 Å². The molecule has 272 valence electrons. The minimum Gasteiger partial charge on any atom is -0.311 e. The summed E-state index contributed by atoms with van der Waals surface area (Å²) < 4.78 is 0. The van der Waals surface area contributed by atoms with Gasteiger partial charge in [-0.15, -0.1) is 0 Å². The van der Waals surface area contributed by atoms with Crippen LogP contribution in [0.15, 0.2) is 176 Å². The summed E-state index contributed by atoms with van der Waals surface area (Å²) in [6.45, 7) is 12.0. The number of rotatable bonds is 11. The number of anilines is 6. The fraction of sp³-hybridized carbons (Fsp3) is 0.154. The number of hydrogen-bond acceptors (Lipinski definition) is 2. The molecule has 0 aromatic heterocycles. The first-order valence-corrected chi connectivity index (χ1v) is 23.2. The van der Waals surface area contributed by atoms with Crippen molar-refractivity contribution in [2.45, 2.75) is 51.7 Å². The molecule has 2 nitrogen and oxygen atoms in total. The van der Waals surface area contributed by atoms with E-state index in [2.05, 4.69) is 231 Å². The Morgan fingerprint density at radius 2 is 0.800 bits per heavy atom. The van der Waals surface area contributed by atoms with Crippen molar-refractivity contribution in [1.82, 2.24) is 0 Å². The van der Waals surface area contributed by atoms with Gasteiger partial charge in [0.25, 0.3) is 0 Å². The van der Waals surface area contributed by atoms with Crippen LogP contribution in [0.5, 0.6) is 0 Å². The fourth-order valence-corrected chi connectivity index (χ4v) is 9.59. The lowest BCUT2D eigenvalue weighted by molar-refractivity contribution is 0.490. The topological polar surface area (TPSA) is 6.48 Å². The van der Waals surface area contributed by atoms with E-state index in [1.54, 1.807) is 0 Å². The van der Waals surface area contributed by atoms with Crippen molar-refractivity contribution in [2.24, 2.45) is 0 Å². The third-order valence-corrected chi connectivity index (χ3v) is 13.6. The molecule has 0 fully saturated rings. The summed E-state index contributed by atoms with van der Waals surface area (Å²) >= 11 is 0. The first-order valence-electron chi connectivity index (χ1n) is 19.7. The molecule has 0 aliphatic heterocycles. The maximum Gasteiger partial charge on any atom is 0.0775 e. The highest BCUT2D eigenvalue weighted by Gasteiger charge is 2.41. The summed E-state index contributed by atoms with van der Waals surface area (Å²) in [7, 11) is -1.41. The van der Waals surface area contributed by atoms with Crippen LogP contribution in [0.2, 0.25) is 19.6 Å². The van der Waals surface area contributed by atoms with Crippen molar-refractivity contribution >= 4 is 59.5 Å². The molecule has 55 heavy (non-hydrogen) atoms. The monoisotopic (exact) mass is 730 g/mol. The molecule has 0 saturated carbocycles. The van der Waals surface area contributed by atoms with Crippen molar-refractivity contribution in [2.75, 3.05) is 9.80 Å². The standard InChI is InChI=1S/C52H50N2Si/c1-6-52(7-2)50-37-40(24-23-39-25-28-44(29-26-39)53(41-17-11-8-12-18-41)42-19-13-9-14-20-42)27-35-48(50)49-36-32-46(38-51(49)52)54(43-21-15-10-16-22-43)45-30-33-47(34-31-45)55(3,4)5/h8-38H,6-7H2,1-5H3/b24-23+. The van der Waals surface area contributed by atoms with Crippen molar-refractivity contribution in [1.29, 1.82) is 0 Å². The maximum absolute atomic E-state index is 2.48. The van der Waals surface area contributed by atoms with Crippen LogP contribution in [0.4, 0.5) is 34.1 Å². The summed E-state index contributed by atoms with van der Waals surface area (Å²) in [5.74, 6) is 0.